The number of carboxylic acid groups (broad SMARTS) is 1. The minimum Gasteiger partial charge on any atom is -0.480 e. The molecule has 5 nitrogen and oxygen atoms in total. The number of para-hydroxylation sites is 1. The van der Waals surface area contributed by atoms with E-state index in [0.29, 0.717) is 13.1 Å². The number of rotatable bonds is 6. The van der Waals surface area contributed by atoms with Crippen molar-refractivity contribution >= 4 is 23.0 Å². The van der Waals surface area contributed by atoms with E-state index in [9.17, 15) is 9.59 Å². The van der Waals surface area contributed by atoms with Crippen LogP contribution in [-0.4, -0.2) is 28.7 Å². The summed E-state index contributed by atoms with van der Waals surface area (Å²) in [7, 11) is 0. The van der Waals surface area contributed by atoms with Crippen molar-refractivity contribution in [3.63, 3.8) is 0 Å². The van der Waals surface area contributed by atoms with Crippen molar-refractivity contribution in [3.8, 4) is 0 Å². The van der Waals surface area contributed by atoms with E-state index >= 15 is 0 Å². The van der Waals surface area contributed by atoms with E-state index in [1.54, 1.807) is 9.47 Å². The van der Waals surface area contributed by atoms with Crippen LogP contribution in [-0.2, 0) is 11.3 Å². The molecule has 20 heavy (non-hydrogen) atoms. The normalized spacial score (nSPS) is 10.4. The molecule has 2 aromatic rings. The number of anilines is 1. The summed E-state index contributed by atoms with van der Waals surface area (Å²) in [6, 6.07) is 9.35. The Hall–Kier alpha value is -2.08. The van der Waals surface area contributed by atoms with Crippen LogP contribution < -0.4 is 9.77 Å². The van der Waals surface area contributed by atoms with Gasteiger partial charge in [-0.15, -0.1) is 0 Å². The molecule has 0 amide bonds. The van der Waals surface area contributed by atoms with Gasteiger partial charge in [0.2, 0.25) is 0 Å². The van der Waals surface area contributed by atoms with Crippen LogP contribution in [0.25, 0.3) is 0 Å². The second-order valence-electron chi connectivity index (χ2n) is 4.45. The minimum absolute atomic E-state index is 0.00848. The molecule has 6 heteroatoms. The van der Waals surface area contributed by atoms with Gasteiger partial charge in [0.1, 0.15) is 6.54 Å². The number of carbonyl (C=O) groups is 1. The van der Waals surface area contributed by atoms with Gasteiger partial charge in [0.25, 0.3) is 0 Å². The van der Waals surface area contributed by atoms with E-state index in [1.165, 1.54) is 0 Å². The van der Waals surface area contributed by atoms with Crippen molar-refractivity contribution in [1.82, 2.24) is 4.57 Å². The highest BCUT2D eigenvalue weighted by Crippen LogP contribution is 2.13. The lowest BCUT2D eigenvalue weighted by Gasteiger charge is -2.23. The molecule has 0 saturated heterocycles. The molecule has 1 aromatic heterocycles. The summed E-state index contributed by atoms with van der Waals surface area (Å²) < 4.78 is 1.67. The molecule has 2 rings (SSSR count). The van der Waals surface area contributed by atoms with Crippen LogP contribution in [0, 0.1) is 6.92 Å². The monoisotopic (exact) mass is 292 g/mol. The highest BCUT2D eigenvalue weighted by atomic mass is 32.1. The first-order valence-corrected chi connectivity index (χ1v) is 7.12. The molecule has 1 aromatic carbocycles. The molecule has 0 aliphatic rings. The maximum atomic E-state index is 11.7. The number of benzene rings is 1. The average molecular weight is 292 g/mol. The second kappa shape index (κ2) is 6.38. The van der Waals surface area contributed by atoms with Gasteiger partial charge in [-0.05, 0) is 19.1 Å². The number of hydrogen-bond acceptors (Lipinski definition) is 4. The molecular formula is C14H16N2O3S. The summed E-state index contributed by atoms with van der Waals surface area (Å²) in [6.07, 6.45) is 0. The van der Waals surface area contributed by atoms with Gasteiger partial charge in [-0.1, -0.05) is 29.5 Å². The van der Waals surface area contributed by atoms with Crippen molar-refractivity contribution in [2.45, 2.75) is 13.5 Å². The number of hydrogen-bond donors (Lipinski definition) is 1. The predicted octanol–water partition coefficient (Wildman–Crippen LogP) is 1.81. The molecule has 1 heterocycles. The Balaban J connectivity index is 2.13. The van der Waals surface area contributed by atoms with Gasteiger partial charge < -0.3 is 14.6 Å². The Morgan fingerprint density at radius 2 is 2.05 bits per heavy atom. The van der Waals surface area contributed by atoms with Crippen LogP contribution in [0.5, 0.6) is 0 Å². The molecule has 0 aliphatic carbocycles. The molecule has 0 saturated carbocycles. The zero-order chi connectivity index (χ0) is 14.5. The van der Waals surface area contributed by atoms with Crippen molar-refractivity contribution in [3.05, 3.63) is 51.1 Å². The van der Waals surface area contributed by atoms with Crippen LogP contribution in [0.4, 0.5) is 5.69 Å². The molecule has 1 N–H and O–H groups in total. The lowest BCUT2D eigenvalue weighted by Crippen LogP contribution is -2.34. The molecule has 0 radical (unpaired) electrons. The van der Waals surface area contributed by atoms with Crippen molar-refractivity contribution < 1.29 is 9.90 Å². The number of nitrogens with zero attached hydrogens (tertiary/aromatic N) is 2. The highest BCUT2D eigenvalue weighted by molar-refractivity contribution is 7.07. The fourth-order valence-electron chi connectivity index (χ4n) is 2.00. The highest BCUT2D eigenvalue weighted by Gasteiger charge is 2.11. The van der Waals surface area contributed by atoms with E-state index in [4.69, 9.17) is 5.11 Å². The topological polar surface area (TPSA) is 62.5 Å². The Morgan fingerprint density at radius 3 is 2.60 bits per heavy atom. The van der Waals surface area contributed by atoms with Gasteiger partial charge in [0.05, 0.1) is 0 Å². The minimum atomic E-state index is -0.886. The van der Waals surface area contributed by atoms with E-state index in [2.05, 4.69) is 0 Å². The average Bonchev–Trinajstić information content (AvgIpc) is 2.75. The maximum Gasteiger partial charge on any atom is 0.323 e. The van der Waals surface area contributed by atoms with Crippen molar-refractivity contribution in [2.75, 3.05) is 18.0 Å². The third-order valence-corrected chi connectivity index (χ3v) is 3.90. The first-order valence-electron chi connectivity index (χ1n) is 6.24. The number of carboxylic acids is 1. The summed E-state index contributed by atoms with van der Waals surface area (Å²) in [5, 5.41) is 10.8. The van der Waals surface area contributed by atoms with Crippen LogP contribution in [0.3, 0.4) is 0 Å². The lowest BCUT2D eigenvalue weighted by molar-refractivity contribution is -0.135. The summed E-state index contributed by atoms with van der Waals surface area (Å²) in [6.45, 7) is 2.76. The second-order valence-corrected chi connectivity index (χ2v) is 5.27. The Kier molecular flexibility index (Phi) is 4.57. The van der Waals surface area contributed by atoms with E-state index in [-0.39, 0.29) is 11.4 Å². The van der Waals surface area contributed by atoms with Crippen LogP contribution >= 0.6 is 11.3 Å². The van der Waals surface area contributed by atoms with Gasteiger partial charge in [-0.25, -0.2) is 0 Å². The maximum absolute atomic E-state index is 11.7. The number of aromatic nitrogens is 1. The van der Waals surface area contributed by atoms with E-state index in [0.717, 1.165) is 22.7 Å². The molecule has 0 unspecified atom stereocenters. The predicted molar refractivity (Wildman–Crippen MR) is 79.6 cm³/mol. The molecule has 106 valence electrons. The first-order chi connectivity index (χ1) is 9.58. The van der Waals surface area contributed by atoms with E-state index in [1.807, 2.05) is 42.6 Å². The van der Waals surface area contributed by atoms with Crippen LogP contribution in [0.15, 0.2) is 40.5 Å². The molecule has 0 atom stereocenters. The quantitative estimate of drug-likeness (QED) is 0.882. The zero-order valence-electron chi connectivity index (χ0n) is 11.2. The largest absolute Gasteiger partial charge is 0.480 e. The standard InChI is InChI=1S/C14H16N2O3S/c1-11-10-20-14(19)16(11)8-7-15(9-13(17)18)12-5-3-2-4-6-12/h2-6,10H,7-9H2,1H3,(H,17,18). The molecule has 0 fully saturated rings. The Bertz CT molecular complexity index is 633. The Morgan fingerprint density at radius 1 is 1.35 bits per heavy atom. The smallest absolute Gasteiger partial charge is 0.323 e. The van der Waals surface area contributed by atoms with Crippen LogP contribution in [0.1, 0.15) is 5.69 Å². The number of aryl methyl sites for hydroxylation is 1. The third-order valence-electron chi connectivity index (χ3n) is 3.02. The summed E-state index contributed by atoms with van der Waals surface area (Å²) >= 11 is 1.16. The van der Waals surface area contributed by atoms with Gasteiger partial charge in [0.15, 0.2) is 0 Å². The van der Waals surface area contributed by atoms with Crippen molar-refractivity contribution in [1.29, 1.82) is 0 Å². The molecule has 0 aliphatic heterocycles. The van der Waals surface area contributed by atoms with Crippen LogP contribution in [0.2, 0.25) is 0 Å². The van der Waals surface area contributed by atoms with Gasteiger partial charge >= 0.3 is 10.8 Å². The number of thiazole rings is 1. The summed E-state index contributed by atoms with van der Waals surface area (Å²) in [5.74, 6) is -0.886. The first kappa shape index (κ1) is 14.3. The van der Waals surface area contributed by atoms with Crippen molar-refractivity contribution in [2.24, 2.45) is 0 Å². The molecule has 0 bridgehead atoms. The van der Waals surface area contributed by atoms with E-state index < -0.39 is 5.97 Å². The number of aliphatic carboxylic acids is 1. The fraction of sp³-hybridized carbons (Fsp3) is 0.286. The molecule has 0 spiro atoms. The Labute approximate surface area is 120 Å². The zero-order valence-corrected chi connectivity index (χ0v) is 12.0. The molecular weight excluding hydrogens is 276 g/mol. The third kappa shape index (κ3) is 3.48. The SMILES string of the molecule is Cc1csc(=O)n1CCN(CC(=O)O)c1ccccc1. The fourth-order valence-corrected chi connectivity index (χ4v) is 2.76. The van der Waals surface area contributed by atoms with Gasteiger partial charge in [-0.2, -0.15) is 0 Å². The summed E-state index contributed by atoms with van der Waals surface area (Å²) in [5.41, 5.74) is 1.75. The van der Waals surface area contributed by atoms with Gasteiger partial charge in [0, 0.05) is 29.9 Å². The van der Waals surface area contributed by atoms with Gasteiger partial charge in [-0.3, -0.25) is 9.59 Å². The lowest BCUT2D eigenvalue weighted by atomic mass is 10.3. The summed E-state index contributed by atoms with van der Waals surface area (Å²) in [4.78, 5) is 24.4.